The van der Waals surface area contributed by atoms with Crippen molar-refractivity contribution in [2.24, 2.45) is 5.73 Å². The summed E-state index contributed by atoms with van der Waals surface area (Å²) in [7, 11) is 1.56. The van der Waals surface area contributed by atoms with Crippen molar-refractivity contribution >= 4 is 35.6 Å². The lowest BCUT2D eigenvalue weighted by Crippen LogP contribution is -2.32. The monoisotopic (exact) mass is 313 g/mol. The lowest BCUT2D eigenvalue weighted by atomic mass is 10.2. The number of carbonyl (C=O) groups excluding carboxylic acids is 2. The van der Waals surface area contributed by atoms with E-state index < -0.39 is 6.04 Å². The van der Waals surface area contributed by atoms with Crippen molar-refractivity contribution < 1.29 is 14.3 Å². The number of anilines is 2. The zero-order chi connectivity index (χ0) is 14.7. The van der Waals surface area contributed by atoms with Crippen LogP contribution in [0.5, 0.6) is 5.75 Å². The minimum Gasteiger partial charge on any atom is -0.495 e. The lowest BCUT2D eigenvalue weighted by Gasteiger charge is -2.20. The zero-order valence-corrected chi connectivity index (χ0v) is 12.9. The van der Waals surface area contributed by atoms with Gasteiger partial charge in [0.15, 0.2) is 0 Å². The average Bonchev–Trinajstić information content (AvgIpc) is 2.84. The smallest absolute Gasteiger partial charge is 0.240 e. The number of rotatable bonds is 4. The first-order valence-corrected chi connectivity index (χ1v) is 6.58. The van der Waals surface area contributed by atoms with Crippen LogP contribution in [0.3, 0.4) is 0 Å². The Kier molecular flexibility index (Phi) is 5.99. The van der Waals surface area contributed by atoms with Crippen LogP contribution in [0.1, 0.15) is 19.8 Å². The van der Waals surface area contributed by atoms with E-state index in [0.717, 1.165) is 6.42 Å². The second-order valence-corrected chi connectivity index (χ2v) is 4.81. The number of hydrogen-bond acceptors (Lipinski definition) is 4. The van der Waals surface area contributed by atoms with Gasteiger partial charge in [-0.1, -0.05) is 0 Å². The Morgan fingerprint density at radius 1 is 1.48 bits per heavy atom. The molecule has 0 radical (unpaired) electrons. The van der Waals surface area contributed by atoms with Gasteiger partial charge in [-0.25, -0.2) is 0 Å². The molecule has 3 N–H and O–H groups in total. The second kappa shape index (κ2) is 7.28. The van der Waals surface area contributed by atoms with Crippen LogP contribution in [0.4, 0.5) is 11.4 Å². The van der Waals surface area contributed by atoms with E-state index in [9.17, 15) is 9.59 Å². The molecule has 1 aromatic carbocycles. The van der Waals surface area contributed by atoms with Crippen LogP contribution in [0.15, 0.2) is 18.2 Å². The van der Waals surface area contributed by atoms with Gasteiger partial charge in [-0.2, -0.15) is 0 Å². The molecule has 1 aliphatic rings. The van der Waals surface area contributed by atoms with E-state index >= 15 is 0 Å². The fraction of sp³-hybridized carbons (Fsp3) is 0.429. The Morgan fingerprint density at radius 2 is 2.19 bits per heavy atom. The Balaban J connectivity index is 0.00000220. The molecule has 0 spiro atoms. The first kappa shape index (κ1) is 17.3. The van der Waals surface area contributed by atoms with Crippen molar-refractivity contribution in [2.45, 2.75) is 25.8 Å². The zero-order valence-electron chi connectivity index (χ0n) is 12.1. The molecule has 0 aromatic heterocycles. The highest BCUT2D eigenvalue weighted by molar-refractivity contribution is 5.99. The van der Waals surface area contributed by atoms with Crippen LogP contribution >= 0.6 is 12.4 Å². The highest BCUT2D eigenvalue weighted by Gasteiger charge is 2.25. The predicted molar refractivity (Wildman–Crippen MR) is 84.1 cm³/mol. The molecule has 1 atom stereocenters. The van der Waals surface area contributed by atoms with E-state index in [0.29, 0.717) is 30.1 Å². The molecule has 0 saturated carbocycles. The molecule has 21 heavy (non-hydrogen) atoms. The highest BCUT2D eigenvalue weighted by atomic mass is 35.5. The number of benzene rings is 1. The van der Waals surface area contributed by atoms with Crippen LogP contribution in [0, 0.1) is 0 Å². The molecule has 1 aromatic rings. The maximum atomic E-state index is 11.8. The minimum absolute atomic E-state index is 0. The average molecular weight is 314 g/mol. The van der Waals surface area contributed by atoms with E-state index in [4.69, 9.17) is 10.5 Å². The molecular weight excluding hydrogens is 294 g/mol. The summed E-state index contributed by atoms with van der Waals surface area (Å²) in [5, 5.41) is 2.71. The number of methoxy groups -OCH3 is 1. The number of nitrogens with zero attached hydrogens (tertiary/aromatic N) is 1. The van der Waals surface area contributed by atoms with E-state index in [-0.39, 0.29) is 24.2 Å². The third-order valence-electron chi connectivity index (χ3n) is 3.22. The van der Waals surface area contributed by atoms with Crippen molar-refractivity contribution in [3.05, 3.63) is 18.2 Å². The van der Waals surface area contributed by atoms with Gasteiger partial charge in [0.25, 0.3) is 0 Å². The van der Waals surface area contributed by atoms with Gasteiger partial charge in [-0.05, 0) is 31.5 Å². The summed E-state index contributed by atoms with van der Waals surface area (Å²) >= 11 is 0. The molecule has 1 fully saturated rings. The van der Waals surface area contributed by atoms with Crippen LogP contribution in [-0.4, -0.2) is 31.5 Å². The third-order valence-corrected chi connectivity index (χ3v) is 3.22. The summed E-state index contributed by atoms with van der Waals surface area (Å²) in [5.41, 5.74) is 6.80. The van der Waals surface area contributed by atoms with E-state index in [1.165, 1.54) is 0 Å². The molecule has 2 amide bonds. The van der Waals surface area contributed by atoms with E-state index in [1.807, 2.05) is 0 Å². The molecule has 1 heterocycles. The second-order valence-electron chi connectivity index (χ2n) is 4.81. The standard InChI is InChI=1S/C14H19N3O3.ClH/c1-9(15)14(19)16-10-5-6-12(20-2)11(8-10)17-7-3-4-13(17)18;/h5-6,8-9H,3-4,7,15H2,1-2H3,(H,16,19);1H/t9-;/m1./s1. The van der Waals surface area contributed by atoms with Gasteiger partial charge in [0, 0.05) is 18.7 Å². The van der Waals surface area contributed by atoms with Gasteiger partial charge in [0.05, 0.1) is 18.8 Å². The summed E-state index contributed by atoms with van der Waals surface area (Å²) in [6, 6.07) is 4.61. The normalized spacial score (nSPS) is 15.4. The quantitative estimate of drug-likeness (QED) is 0.883. The first-order valence-electron chi connectivity index (χ1n) is 6.58. The molecule has 0 aliphatic carbocycles. The molecule has 7 heteroatoms. The van der Waals surface area contributed by atoms with Crippen LogP contribution in [0.25, 0.3) is 0 Å². The summed E-state index contributed by atoms with van der Waals surface area (Å²) in [6.45, 7) is 2.28. The summed E-state index contributed by atoms with van der Waals surface area (Å²) < 4.78 is 5.28. The minimum atomic E-state index is -0.589. The maximum Gasteiger partial charge on any atom is 0.240 e. The number of hydrogen-bond donors (Lipinski definition) is 2. The fourth-order valence-electron chi connectivity index (χ4n) is 2.14. The van der Waals surface area contributed by atoms with E-state index in [2.05, 4.69) is 5.32 Å². The van der Waals surface area contributed by atoms with Gasteiger partial charge >= 0.3 is 0 Å². The van der Waals surface area contributed by atoms with Gasteiger partial charge in [0.1, 0.15) is 5.75 Å². The van der Waals surface area contributed by atoms with Crippen molar-refractivity contribution in [3.63, 3.8) is 0 Å². The Hall–Kier alpha value is -1.79. The largest absolute Gasteiger partial charge is 0.495 e. The molecule has 1 saturated heterocycles. The number of nitrogens with two attached hydrogens (primary N) is 1. The van der Waals surface area contributed by atoms with Crippen LogP contribution in [-0.2, 0) is 9.59 Å². The van der Waals surface area contributed by atoms with Crippen LogP contribution < -0.4 is 20.7 Å². The Morgan fingerprint density at radius 3 is 2.71 bits per heavy atom. The Bertz CT molecular complexity index is 534. The first-order chi connectivity index (χ1) is 9.52. The van der Waals surface area contributed by atoms with Crippen LogP contribution in [0.2, 0.25) is 0 Å². The molecular formula is C14H20ClN3O3. The number of carbonyl (C=O) groups is 2. The molecule has 0 bridgehead atoms. The predicted octanol–water partition coefficient (Wildman–Crippen LogP) is 1.53. The topological polar surface area (TPSA) is 84.7 Å². The number of amides is 2. The van der Waals surface area contributed by atoms with E-state index in [1.54, 1.807) is 37.1 Å². The van der Waals surface area contributed by atoms with Gasteiger partial charge in [0.2, 0.25) is 11.8 Å². The number of ether oxygens (including phenoxy) is 1. The number of halogens is 1. The molecule has 116 valence electrons. The van der Waals surface area contributed by atoms with Crippen molar-refractivity contribution in [1.29, 1.82) is 0 Å². The molecule has 6 nitrogen and oxygen atoms in total. The van der Waals surface area contributed by atoms with Gasteiger partial charge < -0.3 is 20.7 Å². The van der Waals surface area contributed by atoms with Crippen molar-refractivity contribution in [3.8, 4) is 5.75 Å². The Labute approximate surface area is 130 Å². The number of nitrogens with one attached hydrogen (secondary N) is 1. The molecule has 2 rings (SSSR count). The van der Waals surface area contributed by atoms with Gasteiger partial charge in [-0.15, -0.1) is 12.4 Å². The SMILES string of the molecule is COc1ccc(NC(=O)[C@@H](C)N)cc1N1CCCC1=O.Cl. The molecule has 0 unspecified atom stereocenters. The highest BCUT2D eigenvalue weighted by Crippen LogP contribution is 2.33. The maximum absolute atomic E-state index is 11.8. The summed E-state index contributed by atoms with van der Waals surface area (Å²) in [6.07, 6.45) is 1.37. The fourth-order valence-corrected chi connectivity index (χ4v) is 2.14. The molecule has 1 aliphatic heterocycles. The third kappa shape index (κ3) is 3.86. The summed E-state index contributed by atoms with van der Waals surface area (Å²) in [5.74, 6) is 0.409. The lowest BCUT2D eigenvalue weighted by molar-refractivity contribution is -0.117. The van der Waals surface area contributed by atoms with Crippen molar-refractivity contribution in [2.75, 3.05) is 23.9 Å². The summed E-state index contributed by atoms with van der Waals surface area (Å²) in [4.78, 5) is 25.1. The van der Waals surface area contributed by atoms with Gasteiger partial charge in [-0.3, -0.25) is 9.59 Å². The van der Waals surface area contributed by atoms with Crippen molar-refractivity contribution in [1.82, 2.24) is 0 Å².